The lowest BCUT2D eigenvalue weighted by Crippen LogP contribution is -2.40. The van der Waals surface area contributed by atoms with Crippen LogP contribution < -0.4 is 5.73 Å². The topological polar surface area (TPSA) is 66.6 Å². The first kappa shape index (κ1) is 10.5. The molecule has 13 heavy (non-hydrogen) atoms. The molecule has 0 aromatic heterocycles. The number of carbonyl (C=O) groups is 1. The van der Waals surface area contributed by atoms with Crippen LogP contribution in [-0.4, -0.2) is 41.7 Å². The van der Waals surface area contributed by atoms with Gasteiger partial charge in [-0.05, 0) is 12.8 Å². The van der Waals surface area contributed by atoms with Crippen LogP contribution in [0.2, 0.25) is 0 Å². The SMILES string of the molecule is NCCN(CC(=O)O)C1CCCC1. The molecule has 0 aromatic rings. The molecule has 1 saturated carbocycles. The Morgan fingerprint density at radius 2 is 2.08 bits per heavy atom. The van der Waals surface area contributed by atoms with E-state index in [2.05, 4.69) is 0 Å². The molecule has 1 rings (SSSR count). The van der Waals surface area contributed by atoms with Gasteiger partial charge in [-0.3, -0.25) is 9.69 Å². The molecule has 1 fully saturated rings. The van der Waals surface area contributed by atoms with Gasteiger partial charge >= 0.3 is 5.97 Å². The Morgan fingerprint density at radius 1 is 1.46 bits per heavy atom. The van der Waals surface area contributed by atoms with Crippen molar-refractivity contribution in [3.8, 4) is 0 Å². The third kappa shape index (κ3) is 3.32. The van der Waals surface area contributed by atoms with Gasteiger partial charge in [0, 0.05) is 19.1 Å². The molecule has 0 aliphatic heterocycles. The zero-order valence-electron chi connectivity index (χ0n) is 7.91. The Balaban J connectivity index is 2.39. The number of carboxylic acids is 1. The largest absolute Gasteiger partial charge is 0.480 e. The van der Waals surface area contributed by atoms with E-state index in [9.17, 15) is 4.79 Å². The minimum atomic E-state index is -0.750. The molecule has 0 unspecified atom stereocenters. The fraction of sp³-hybridized carbons (Fsp3) is 0.889. The number of rotatable bonds is 5. The van der Waals surface area contributed by atoms with E-state index < -0.39 is 5.97 Å². The molecule has 4 heteroatoms. The highest BCUT2D eigenvalue weighted by Crippen LogP contribution is 2.22. The van der Waals surface area contributed by atoms with Crippen LogP contribution in [0.25, 0.3) is 0 Å². The molecule has 1 aliphatic carbocycles. The highest BCUT2D eigenvalue weighted by molar-refractivity contribution is 5.69. The molecule has 0 aromatic carbocycles. The third-order valence-electron chi connectivity index (χ3n) is 2.60. The molecule has 1 aliphatic rings. The minimum Gasteiger partial charge on any atom is -0.480 e. The van der Waals surface area contributed by atoms with Crippen LogP contribution in [-0.2, 0) is 4.79 Å². The Morgan fingerprint density at radius 3 is 2.54 bits per heavy atom. The van der Waals surface area contributed by atoms with Gasteiger partial charge in [0.2, 0.25) is 0 Å². The molecule has 0 amide bonds. The number of aliphatic carboxylic acids is 1. The third-order valence-corrected chi connectivity index (χ3v) is 2.60. The quantitative estimate of drug-likeness (QED) is 0.647. The van der Waals surface area contributed by atoms with E-state index in [1.54, 1.807) is 0 Å². The summed E-state index contributed by atoms with van der Waals surface area (Å²) in [5.41, 5.74) is 5.44. The fourth-order valence-corrected chi connectivity index (χ4v) is 2.00. The second-order valence-corrected chi connectivity index (χ2v) is 3.59. The smallest absolute Gasteiger partial charge is 0.317 e. The predicted molar refractivity (Wildman–Crippen MR) is 50.5 cm³/mol. The van der Waals surface area contributed by atoms with E-state index in [1.807, 2.05) is 4.90 Å². The minimum absolute atomic E-state index is 0.141. The second-order valence-electron chi connectivity index (χ2n) is 3.59. The van der Waals surface area contributed by atoms with Gasteiger partial charge in [-0.25, -0.2) is 0 Å². The summed E-state index contributed by atoms with van der Waals surface area (Å²) in [6.45, 7) is 1.39. The summed E-state index contributed by atoms with van der Waals surface area (Å²) in [5, 5.41) is 8.69. The maximum atomic E-state index is 10.6. The summed E-state index contributed by atoms with van der Waals surface area (Å²) in [4.78, 5) is 12.6. The molecule has 0 spiro atoms. The Hall–Kier alpha value is -0.610. The zero-order valence-corrected chi connectivity index (χ0v) is 7.91. The van der Waals surface area contributed by atoms with Gasteiger partial charge in [-0.1, -0.05) is 12.8 Å². The van der Waals surface area contributed by atoms with Gasteiger partial charge in [-0.15, -0.1) is 0 Å². The maximum Gasteiger partial charge on any atom is 0.317 e. The van der Waals surface area contributed by atoms with E-state index in [1.165, 1.54) is 12.8 Å². The van der Waals surface area contributed by atoms with Crippen molar-refractivity contribution in [1.82, 2.24) is 4.90 Å². The first-order valence-electron chi connectivity index (χ1n) is 4.90. The van der Waals surface area contributed by atoms with Crippen molar-refractivity contribution in [1.29, 1.82) is 0 Å². The van der Waals surface area contributed by atoms with Crippen molar-refractivity contribution in [3.63, 3.8) is 0 Å². The first-order valence-corrected chi connectivity index (χ1v) is 4.90. The van der Waals surface area contributed by atoms with Crippen molar-refractivity contribution in [2.75, 3.05) is 19.6 Å². The lowest BCUT2D eigenvalue weighted by molar-refractivity contribution is -0.138. The van der Waals surface area contributed by atoms with E-state index in [4.69, 9.17) is 10.8 Å². The highest BCUT2D eigenvalue weighted by Gasteiger charge is 2.23. The van der Waals surface area contributed by atoms with E-state index in [-0.39, 0.29) is 6.54 Å². The maximum absolute atomic E-state index is 10.6. The van der Waals surface area contributed by atoms with Gasteiger partial charge in [0.05, 0.1) is 6.54 Å². The molecule has 76 valence electrons. The zero-order chi connectivity index (χ0) is 9.68. The molecule has 0 radical (unpaired) electrons. The summed E-state index contributed by atoms with van der Waals surface area (Å²) in [6.07, 6.45) is 4.72. The predicted octanol–water partition coefficient (Wildman–Crippen LogP) is 0.274. The van der Waals surface area contributed by atoms with E-state index in [0.717, 1.165) is 12.8 Å². The molecule has 0 atom stereocenters. The van der Waals surface area contributed by atoms with Crippen LogP contribution >= 0.6 is 0 Å². The van der Waals surface area contributed by atoms with E-state index in [0.29, 0.717) is 19.1 Å². The van der Waals surface area contributed by atoms with Crippen LogP contribution in [0.4, 0.5) is 0 Å². The van der Waals surface area contributed by atoms with Gasteiger partial charge in [0.1, 0.15) is 0 Å². The summed E-state index contributed by atoms with van der Waals surface area (Å²) < 4.78 is 0. The molecule has 0 bridgehead atoms. The molecule has 4 nitrogen and oxygen atoms in total. The van der Waals surface area contributed by atoms with E-state index >= 15 is 0 Å². The second kappa shape index (κ2) is 5.19. The normalized spacial score (nSPS) is 18.3. The number of hydrogen-bond acceptors (Lipinski definition) is 3. The van der Waals surface area contributed by atoms with Crippen molar-refractivity contribution >= 4 is 5.97 Å². The van der Waals surface area contributed by atoms with Crippen LogP contribution in [0.1, 0.15) is 25.7 Å². The fourth-order valence-electron chi connectivity index (χ4n) is 2.00. The molecule has 0 heterocycles. The number of hydrogen-bond donors (Lipinski definition) is 2. The van der Waals surface area contributed by atoms with Crippen LogP contribution in [0, 0.1) is 0 Å². The van der Waals surface area contributed by atoms with Crippen molar-refractivity contribution in [3.05, 3.63) is 0 Å². The number of nitrogens with zero attached hydrogens (tertiary/aromatic N) is 1. The average molecular weight is 186 g/mol. The summed E-state index contributed by atoms with van der Waals surface area (Å²) >= 11 is 0. The van der Waals surface area contributed by atoms with Crippen molar-refractivity contribution in [2.24, 2.45) is 5.73 Å². The summed E-state index contributed by atoms with van der Waals surface area (Å²) in [7, 11) is 0. The Bertz CT molecular complexity index is 167. The standard InChI is InChI=1S/C9H18N2O2/c10-5-6-11(7-9(12)13)8-3-1-2-4-8/h8H,1-7,10H2,(H,12,13). The highest BCUT2D eigenvalue weighted by atomic mass is 16.4. The average Bonchev–Trinajstić information content (AvgIpc) is 2.54. The Kier molecular flexibility index (Phi) is 4.18. The van der Waals surface area contributed by atoms with Crippen molar-refractivity contribution < 1.29 is 9.90 Å². The lowest BCUT2D eigenvalue weighted by Gasteiger charge is -2.26. The monoisotopic (exact) mass is 186 g/mol. The lowest BCUT2D eigenvalue weighted by atomic mass is 10.2. The van der Waals surface area contributed by atoms with Crippen LogP contribution in [0.3, 0.4) is 0 Å². The summed E-state index contributed by atoms with van der Waals surface area (Å²) in [6, 6.07) is 0.458. The Labute approximate surface area is 78.7 Å². The molecular weight excluding hydrogens is 168 g/mol. The summed E-state index contributed by atoms with van der Waals surface area (Å²) in [5.74, 6) is -0.750. The van der Waals surface area contributed by atoms with Gasteiger partial charge in [-0.2, -0.15) is 0 Å². The molecule has 0 saturated heterocycles. The van der Waals surface area contributed by atoms with Crippen LogP contribution in [0.15, 0.2) is 0 Å². The number of nitrogens with two attached hydrogens (primary N) is 1. The first-order chi connectivity index (χ1) is 6.24. The van der Waals surface area contributed by atoms with Gasteiger partial charge in [0.15, 0.2) is 0 Å². The van der Waals surface area contributed by atoms with Gasteiger partial charge in [0.25, 0.3) is 0 Å². The molecular formula is C9H18N2O2. The van der Waals surface area contributed by atoms with Crippen molar-refractivity contribution in [2.45, 2.75) is 31.7 Å². The van der Waals surface area contributed by atoms with Gasteiger partial charge < -0.3 is 10.8 Å². The van der Waals surface area contributed by atoms with Crippen LogP contribution in [0.5, 0.6) is 0 Å². The molecule has 3 N–H and O–H groups in total. The number of carboxylic acid groups (broad SMARTS) is 1.